The van der Waals surface area contributed by atoms with Crippen molar-refractivity contribution in [2.75, 3.05) is 17.3 Å². The molecule has 0 radical (unpaired) electrons. The van der Waals surface area contributed by atoms with E-state index >= 15 is 0 Å². The van der Waals surface area contributed by atoms with Crippen molar-refractivity contribution in [1.82, 2.24) is 0 Å². The summed E-state index contributed by atoms with van der Waals surface area (Å²) >= 11 is 0. The number of nitro benzene ring substituents is 2. The number of rotatable bonds is 10. The molecule has 35 heavy (non-hydrogen) atoms. The molecule has 0 saturated carbocycles. The number of methoxy groups -OCH3 is 1. The van der Waals surface area contributed by atoms with Gasteiger partial charge in [-0.25, -0.2) is 8.42 Å². The highest BCUT2D eigenvalue weighted by Crippen LogP contribution is 2.29. The molecule has 0 spiro atoms. The molecular weight excluding hydrogens is 478 g/mol. The minimum atomic E-state index is -4.10. The molecule has 0 atom stereocenters. The van der Waals surface area contributed by atoms with E-state index in [9.17, 15) is 28.6 Å². The number of hydrogen-bond donors (Lipinski definition) is 2. The maximum Gasteiger partial charge on any atom is 0.295 e. The fourth-order valence-electron chi connectivity index (χ4n) is 2.89. The molecule has 0 fully saturated rings. The SMILES string of the molecule is COc1ccc(NS(=O)(=O)c2ccc(N/N=C/C=C/c3ccccc3[N+](=O)[O-])c([N+](=O)[O-])c2)cc1. The Labute approximate surface area is 199 Å². The molecule has 0 aliphatic carbocycles. The predicted molar refractivity (Wildman–Crippen MR) is 131 cm³/mol. The highest BCUT2D eigenvalue weighted by molar-refractivity contribution is 7.92. The molecule has 3 rings (SSSR count). The van der Waals surface area contributed by atoms with Crippen LogP contribution < -0.4 is 14.9 Å². The number of nitro groups is 2. The Balaban J connectivity index is 1.75. The smallest absolute Gasteiger partial charge is 0.295 e. The van der Waals surface area contributed by atoms with E-state index in [1.807, 2.05) is 0 Å². The Morgan fingerprint density at radius 3 is 2.29 bits per heavy atom. The van der Waals surface area contributed by atoms with Crippen LogP contribution in [0.25, 0.3) is 6.08 Å². The number of sulfonamides is 1. The number of hydrazone groups is 1. The highest BCUT2D eigenvalue weighted by Gasteiger charge is 2.21. The normalized spacial score (nSPS) is 11.5. The van der Waals surface area contributed by atoms with Crippen LogP contribution in [0.1, 0.15) is 5.56 Å². The van der Waals surface area contributed by atoms with Gasteiger partial charge in [-0.2, -0.15) is 5.10 Å². The van der Waals surface area contributed by atoms with Crippen LogP contribution in [0.15, 0.2) is 82.8 Å². The van der Waals surface area contributed by atoms with Gasteiger partial charge in [0.05, 0.1) is 27.4 Å². The number of hydrogen-bond acceptors (Lipinski definition) is 9. The first-order valence-electron chi connectivity index (χ1n) is 9.86. The van der Waals surface area contributed by atoms with E-state index in [0.717, 1.165) is 6.07 Å². The Morgan fingerprint density at radius 2 is 1.63 bits per heavy atom. The van der Waals surface area contributed by atoms with Gasteiger partial charge >= 0.3 is 0 Å². The summed E-state index contributed by atoms with van der Waals surface area (Å²) in [7, 11) is -2.63. The van der Waals surface area contributed by atoms with Gasteiger partial charge in [-0.3, -0.25) is 30.4 Å². The van der Waals surface area contributed by atoms with E-state index in [-0.39, 0.29) is 22.0 Å². The van der Waals surface area contributed by atoms with Crippen LogP contribution in [0.4, 0.5) is 22.7 Å². The summed E-state index contributed by atoms with van der Waals surface area (Å²) in [6.07, 6.45) is 4.12. The lowest BCUT2D eigenvalue weighted by Crippen LogP contribution is -2.13. The Kier molecular flexibility index (Phi) is 7.74. The van der Waals surface area contributed by atoms with E-state index < -0.39 is 25.6 Å². The van der Waals surface area contributed by atoms with Crippen LogP contribution in [0.3, 0.4) is 0 Å². The zero-order chi connectivity index (χ0) is 25.4. The Hall–Kier alpha value is -4.78. The van der Waals surface area contributed by atoms with E-state index in [4.69, 9.17) is 4.74 Å². The minimum absolute atomic E-state index is 0.0475. The van der Waals surface area contributed by atoms with Crippen molar-refractivity contribution in [3.05, 3.63) is 98.6 Å². The van der Waals surface area contributed by atoms with E-state index in [0.29, 0.717) is 11.3 Å². The van der Waals surface area contributed by atoms with Crippen molar-refractivity contribution in [2.45, 2.75) is 4.90 Å². The lowest BCUT2D eigenvalue weighted by Gasteiger charge is -2.10. The van der Waals surface area contributed by atoms with Crippen LogP contribution in [0.5, 0.6) is 5.75 Å². The molecular formula is C22H19N5O7S. The van der Waals surface area contributed by atoms with Crippen LogP contribution in [0.2, 0.25) is 0 Å². The van der Waals surface area contributed by atoms with Gasteiger partial charge in [0.2, 0.25) is 0 Å². The molecule has 0 aliphatic heterocycles. The van der Waals surface area contributed by atoms with Crippen molar-refractivity contribution in [2.24, 2.45) is 5.10 Å². The number of nitrogens with zero attached hydrogens (tertiary/aromatic N) is 3. The lowest BCUT2D eigenvalue weighted by atomic mass is 10.2. The maximum absolute atomic E-state index is 12.7. The zero-order valence-corrected chi connectivity index (χ0v) is 19.0. The summed E-state index contributed by atoms with van der Waals surface area (Å²) in [5.74, 6) is 0.538. The van der Waals surface area contributed by atoms with Crippen LogP contribution in [0, 0.1) is 20.2 Å². The van der Waals surface area contributed by atoms with Crippen LogP contribution in [-0.4, -0.2) is 31.6 Å². The third kappa shape index (κ3) is 6.39. The maximum atomic E-state index is 12.7. The van der Waals surface area contributed by atoms with E-state index in [2.05, 4.69) is 15.2 Å². The molecule has 3 aromatic rings. The molecule has 0 saturated heterocycles. The number of ether oxygens (including phenoxy) is 1. The fraction of sp³-hybridized carbons (Fsp3) is 0.0455. The van der Waals surface area contributed by atoms with Gasteiger partial charge in [0.1, 0.15) is 11.4 Å². The van der Waals surface area contributed by atoms with Gasteiger partial charge in [0.15, 0.2) is 0 Å². The lowest BCUT2D eigenvalue weighted by molar-refractivity contribution is -0.385. The first-order chi connectivity index (χ1) is 16.7. The first kappa shape index (κ1) is 24.9. The predicted octanol–water partition coefficient (Wildman–Crippen LogP) is 4.42. The number of anilines is 2. The topological polar surface area (TPSA) is 166 Å². The molecule has 12 nitrogen and oxygen atoms in total. The summed E-state index contributed by atoms with van der Waals surface area (Å²) in [6, 6.07) is 15.5. The second kappa shape index (κ2) is 10.9. The molecule has 0 bridgehead atoms. The van der Waals surface area contributed by atoms with Crippen molar-refractivity contribution >= 4 is 45.1 Å². The summed E-state index contributed by atoms with van der Waals surface area (Å²) in [6.45, 7) is 0. The van der Waals surface area contributed by atoms with Gasteiger partial charge in [-0.1, -0.05) is 12.1 Å². The van der Waals surface area contributed by atoms with Crippen molar-refractivity contribution in [3.63, 3.8) is 0 Å². The third-order valence-corrected chi connectivity index (χ3v) is 5.95. The second-order valence-corrected chi connectivity index (χ2v) is 8.52. The molecule has 3 aromatic carbocycles. The molecule has 0 aliphatic rings. The minimum Gasteiger partial charge on any atom is -0.497 e. The number of nitrogens with one attached hydrogen (secondary N) is 2. The van der Waals surface area contributed by atoms with Gasteiger partial charge in [-0.15, -0.1) is 0 Å². The fourth-order valence-corrected chi connectivity index (χ4v) is 3.97. The molecule has 0 aromatic heterocycles. The summed E-state index contributed by atoms with van der Waals surface area (Å²) < 4.78 is 32.7. The van der Waals surface area contributed by atoms with Crippen molar-refractivity contribution in [3.8, 4) is 5.75 Å². The highest BCUT2D eigenvalue weighted by atomic mass is 32.2. The quantitative estimate of drug-likeness (QED) is 0.236. The third-order valence-electron chi connectivity index (χ3n) is 4.57. The summed E-state index contributed by atoms with van der Waals surface area (Å²) in [5, 5.41) is 26.4. The molecule has 0 heterocycles. The molecule has 13 heteroatoms. The van der Waals surface area contributed by atoms with E-state index in [1.165, 1.54) is 55.8 Å². The van der Waals surface area contributed by atoms with Crippen LogP contribution >= 0.6 is 0 Å². The van der Waals surface area contributed by atoms with Crippen molar-refractivity contribution < 1.29 is 23.0 Å². The van der Waals surface area contributed by atoms with Gasteiger partial charge in [0, 0.05) is 24.0 Å². The molecule has 2 N–H and O–H groups in total. The monoisotopic (exact) mass is 497 g/mol. The van der Waals surface area contributed by atoms with Gasteiger partial charge < -0.3 is 4.74 Å². The van der Waals surface area contributed by atoms with Gasteiger partial charge in [-0.05, 0) is 54.6 Å². The van der Waals surface area contributed by atoms with Crippen LogP contribution in [-0.2, 0) is 10.0 Å². The zero-order valence-electron chi connectivity index (χ0n) is 18.2. The second-order valence-electron chi connectivity index (χ2n) is 6.84. The Morgan fingerprint density at radius 1 is 0.943 bits per heavy atom. The summed E-state index contributed by atoms with van der Waals surface area (Å²) in [5.41, 5.74) is 2.44. The number of benzene rings is 3. The largest absolute Gasteiger partial charge is 0.497 e. The van der Waals surface area contributed by atoms with E-state index in [1.54, 1.807) is 30.3 Å². The molecule has 0 unspecified atom stereocenters. The molecule has 0 amide bonds. The Bertz CT molecular complexity index is 1400. The number of allylic oxidation sites excluding steroid dienone is 1. The first-order valence-corrected chi connectivity index (χ1v) is 11.3. The average molecular weight is 497 g/mol. The van der Waals surface area contributed by atoms with Crippen molar-refractivity contribution in [1.29, 1.82) is 0 Å². The summed E-state index contributed by atoms with van der Waals surface area (Å²) in [4.78, 5) is 21.0. The molecule has 180 valence electrons. The average Bonchev–Trinajstić information content (AvgIpc) is 2.84. The standard InChI is InChI=1S/C22H19N5O7S/c1-34-18-10-8-17(9-11-18)25-35(32,33)19-12-13-20(22(15-19)27(30)31)24-23-14-4-6-16-5-2-3-7-21(16)26(28)29/h2-15,24-25H,1H3/b6-4+,23-14+. The number of para-hydroxylation sites is 1. The van der Waals surface area contributed by atoms with Gasteiger partial charge in [0.25, 0.3) is 21.4 Å².